The van der Waals surface area contributed by atoms with Gasteiger partial charge in [-0.15, -0.1) is 0 Å². The summed E-state index contributed by atoms with van der Waals surface area (Å²) < 4.78 is 21.9. The molecule has 2 aliphatic heterocycles. The Balaban J connectivity index is 1.91. The Bertz CT molecular complexity index is 374. The summed E-state index contributed by atoms with van der Waals surface area (Å²) in [6.45, 7) is 2.45. The molecule has 1 atom stereocenters. The topological polar surface area (TPSA) is 40.8 Å². The molecule has 0 radical (unpaired) electrons. The zero-order valence-corrected chi connectivity index (χ0v) is 8.27. The number of hydrogen-bond acceptors (Lipinski definition) is 4. The molecule has 15 heavy (non-hydrogen) atoms. The van der Waals surface area contributed by atoms with Crippen LogP contribution in [0, 0.1) is 0 Å². The van der Waals surface area contributed by atoms with Crippen molar-refractivity contribution >= 4 is 6.08 Å². The second-order valence-electron chi connectivity index (χ2n) is 3.53. The van der Waals surface area contributed by atoms with E-state index in [1.165, 1.54) is 0 Å². The summed E-state index contributed by atoms with van der Waals surface area (Å²) in [5, 5.41) is 0. The van der Waals surface area contributed by atoms with E-state index in [0.29, 0.717) is 26.4 Å². The van der Waals surface area contributed by atoms with Crippen LogP contribution in [0.1, 0.15) is 17.4 Å². The quantitative estimate of drug-likeness (QED) is 0.705. The summed E-state index contributed by atoms with van der Waals surface area (Å²) >= 11 is 0. The Morgan fingerprint density at radius 2 is 2.27 bits per heavy atom. The van der Waals surface area contributed by atoms with Crippen LogP contribution in [-0.2, 0) is 9.47 Å². The first-order valence-corrected chi connectivity index (χ1v) is 5.05. The fraction of sp³-hybridized carbons (Fsp3) is 0.455. The summed E-state index contributed by atoms with van der Waals surface area (Å²) in [4.78, 5) is 0. The molecule has 1 aromatic heterocycles. The molecule has 0 saturated carbocycles. The van der Waals surface area contributed by atoms with Gasteiger partial charge >= 0.3 is 0 Å². The van der Waals surface area contributed by atoms with Gasteiger partial charge in [0.1, 0.15) is 19.0 Å². The molecule has 1 aromatic rings. The summed E-state index contributed by atoms with van der Waals surface area (Å²) in [5.74, 6) is 1.57. The highest BCUT2D eigenvalue weighted by atomic mass is 16.6. The van der Waals surface area contributed by atoms with Crippen molar-refractivity contribution in [3.8, 4) is 5.75 Å². The van der Waals surface area contributed by atoms with Crippen molar-refractivity contribution < 1.29 is 18.6 Å². The Morgan fingerprint density at radius 1 is 1.27 bits per heavy atom. The largest absolute Gasteiger partial charge is 0.485 e. The molecule has 2 aliphatic rings. The Labute approximate surface area is 87.4 Å². The summed E-state index contributed by atoms with van der Waals surface area (Å²) in [7, 11) is 0. The number of rotatable bonds is 1. The molecule has 4 nitrogen and oxygen atoms in total. The number of hydrogen-bond donors (Lipinski definition) is 0. The van der Waals surface area contributed by atoms with E-state index in [9.17, 15) is 0 Å². The Hall–Kier alpha value is -1.26. The van der Waals surface area contributed by atoms with E-state index in [-0.39, 0.29) is 6.10 Å². The summed E-state index contributed by atoms with van der Waals surface area (Å²) in [6.07, 6.45) is 5.48. The average Bonchev–Trinajstić information content (AvgIpc) is 2.74. The van der Waals surface area contributed by atoms with Crippen molar-refractivity contribution in [3.05, 3.63) is 23.7 Å². The molecule has 0 spiro atoms. The fourth-order valence-electron chi connectivity index (χ4n) is 1.82. The van der Waals surface area contributed by atoms with Gasteiger partial charge in [-0.3, -0.25) is 0 Å². The highest BCUT2D eigenvalue weighted by molar-refractivity contribution is 5.57. The normalized spacial score (nSPS) is 24.7. The minimum Gasteiger partial charge on any atom is -0.485 e. The maximum absolute atomic E-state index is 5.60. The SMILES string of the molecule is C1=Cc2occ(C3COCCO3)c2OC1. The van der Waals surface area contributed by atoms with Crippen LogP contribution in [0.5, 0.6) is 5.75 Å². The molecule has 3 rings (SSSR count). The van der Waals surface area contributed by atoms with E-state index in [4.69, 9.17) is 18.6 Å². The molecule has 0 amide bonds. The monoisotopic (exact) mass is 208 g/mol. The highest BCUT2D eigenvalue weighted by Crippen LogP contribution is 2.36. The lowest BCUT2D eigenvalue weighted by atomic mass is 10.1. The lowest BCUT2D eigenvalue weighted by Crippen LogP contribution is -2.22. The third-order valence-electron chi connectivity index (χ3n) is 2.55. The van der Waals surface area contributed by atoms with Crippen molar-refractivity contribution in [2.24, 2.45) is 0 Å². The molecule has 0 aliphatic carbocycles. The standard InChI is InChI=1S/C11H12O4/c1-2-9-11(14-3-1)8(6-15-9)10-7-12-4-5-13-10/h1-2,6,10H,3-5,7H2. The van der Waals surface area contributed by atoms with E-state index in [2.05, 4.69) is 0 Å². The minimum absolute atomic E-state index is 0.0576. The molecule has 80 valence electrons. The van der Waals surface area contributed by atoms with Crippen LogP contribution >= 0.6 is 0 Å². The van der Waals surface area contributed by atoms with Gasteiger partial charge in [0.15, 0.2) is 11.5 Å². The van der Waals surface area contributed by atoms with Gasteiger partial charge < -0.3 is 18.6 Å². The zero-order valence-electron chi connectivity index (χ0n) is 8.27. The van der Waals surface area contributed by atoms with Gasteiger partial charge in [-0.2, -0.15) is 0 Å². The number of fused-ring (bicyclic) bond motifs is 1. The van der Waals surface area contributed by atoms with Gasteiger partial charge in [-0.25, -0.2) is 0 Å². The van der Waals surface area contributed by atoms with E-state index in [1.54, 1.807) is 6.26 Å². The highest BCUT2D eigenvalue weighted by Gasteiger charge is 2.25. The van der Waals surface area contributed by atoms with Crippen LogP contribution in [0.2, 0.25) is 0 Å². The van der Waals surface area contributed by atoms with Crippen LogP contribution < -0.4 is 4.74 Å². The molecular weight excluding hydrogens is 196 g/mol. The van der Waals surface area contributed by atoms with Gasteiger partial charge in [0.25, 0.3) is 0 Å². The van der Waals surface area contributed by atoms with Crippen molar-refractivity contribution in [1.29, 1.82) is 0 Å². The van der Waals surface area contributed by atoms with Gasteiger partial charge in [0.05, 0.1) is 25.4 Å². The molecule has 0 aromatic carbocycles. The molecule has 4 heteroatoms. The van der Waals surface area contributed by atoms with Crippen molar-refractivity contribution in [1.82, 2.24) is 0 Å². The summed E-state index contributed by atoms with van der Waals surface area (Å²) in [5.41, 5.74) is 0.953. The molecule has 1 fully saturated rings. The summed E-state index contributed by atoms with van der Waals surface area (Å²) in [6, 6.07) is 0. The molecule has 1 saturated heterocycles. The predicted molar refractivity (Wildman–Crippen MR) is 52.7 cm³/mol. The number of furan rings is 1. The van der Waals surface area contributed by atoms with Crippen LogP contribution in [0.3, 0.4) is 0 Å². The lowest BCUT2D eigenvalue weighted by molar-refractivity contribution is -0.0909. The Kier molecular flexibility index (Phi) is 2.23. The van der Waals surface area contributed by atoms with Crippen molar-refractivity contribution in [2.45, 2.75) is 6.10 Å². The third-order valence-corrected chi connectivity index (χ3v) is 2.55. The molecular formula is C11H12O4. The second kappa shape index (κ2) is 3.72. The maximum atomic E-state index is 5.60. The van der Waals surface area contributed by atoms with E-state index in [0.717, 1.165) is 17.1 Å². The first-order chi connectivity index (χ1) is 7.45. The minimum atomic E-state index is -0.0576. The van der Waals surface area contributed by atoms with Crippen LogP contribution in [0.4, 0.5) is 0 Å². The van der Waals surface area contributed by atoms with Crippen LogP contribution in [0.25, 0.3) is 6.08 Å². The first-order valence-electron chi connectivity index (χ1n) is 5.05. The van der Waals surface area contributed by atoms with Gasteiger partial charge in [-0.1, -0.05) is 0 Å². The van der Waals surface area contributed by atoms with E-state index >= 15 is 0 Å². The fourth-order valence-corrected chi connectivity index (χ4v) is 1.82. The van der Waals surface area contributed by atoms with E-state index < -0.39 is 0 Å². The Morgan fingerprint density at radius 3 is 3.13 bits per heavy atom. The van der Waals surface area contributed by atoms with Crippen molar-refractivity contribution in [3.63, 3.8) is 0 Å². The van der Waals surface area contributed by atoms with Gasteiger partial charge in [0, 0.05) is 0 Å². The first kappa shape index (κ1) is 9.00. The maximum Gasteiger partial charge on any atom is 0.171 e. The zero-order chi connectivity index (χ0) is 10.1. The predicted octanol–water partition coefficient (Wildman–Crippen LogP) is 1.77. The smallest absolute Gasteiger partial charge is 0.171 e. The second-order valence-corrected chi connectivity index (χ2v) is 3.53. The van der Waals surface area contributed by atoms with Gasteiger partial charge in [0.2, 0.25) is 0 Å². The molecule has 1 unspecified atom stereocenters. The van der Waals surface area contributed by atoms with Gasteiger partial charge in [-0.05, 0) is 12.2 Å². The van der Waals surface area contributed by atoms with Crippen LogP contribution in [-0.4, -0.2) is 26.4 Å². The van der Waals surface area contributed by atoms with Crippen molar-refractivity contribution in [2.75, 3.05) is 26.4 Å². The average molecular weight is 208 g/mol. The molecule has 3 heterocycles. The molecule has 0 N–H and O–H groups in total. The van der Waals surface area contributed by atoms with E-state index in [1.807, 2.05) is 12.2 Å². The third kappa shape index (κ3) is 1.56. The molecule has 0 bridgehead atoms. The van der Waals surface area contributed by atoms with Crippen LogP contribution in [0.15, 0.2) is 16.8 Å². The number of ether oxygens (including phenoxy) is 3. The lowest BCUT2D eigenvalue weighted by Gasteiger charge is -2.23.